The van der Waals surface area contributed by atoms with Crippen LogP contribution in [0, 0.1) is 5.82 Å². The number of nitrogens with two attached hydrogens (primary N) is 1. The lowest BCUT2D eigenvalue weighted by Gasteiger charge is -2.07. The van der Waals surface area contributed by atoms with Gasteiger partial charge in [-0.25, -0.2) is 14.4 Å². The zero-order chi connectivity index (χ0) is 18.8. The first-order valence-corrected chi connectivity index (χ1v) is 8.13. The van der Waals surface area contributed by atoms with Crippen molar-refractivity contribution in [1.82, 2.24) is 15.0 Å². The van der Waals surface area contributed by atoms with E-state index < -0.39 is 11.7 Å². The smallest absolute Gasteiger partial charge is 0.258 e. The first kappa shape index (κ1) is 16.6. The van der Waals surface area contributed by atoms with Gasteiger partial charge in [0, 0.05) is 35.1 Å². The fraction of sp³-hybridized carbons (Fsp3) is 0. The number of pyridine rings is 1. The molecule has 4 rings (SSSR count). The third-order valence-electron chi connectivity index (χ3n) is 4.01. The third-order valence-corrected chi connectivity index (χ3v) is 4.01. The summed E-state index contributed by atoms with van der Waals surface area (Å²) < 4.78 is 13.0. The van der Waals surface area contributed by atoms with E-state index in [1.54, 1.807) is 18.6 Å². The van der Waals surface area contributed by atoms with E-state index in [1.165, 1.54) is 24.3 Å². The van der Waals surface area contributed by atoms with E-state index in [4.69, 9.17) is 5.73 Å². The number of nitrogens with zero attached hydrogens (tertiary/aromatic N) is 3. The van der Waals surface area contributed by atoms with Crippen LogP contribution in [-0.2, 0) is 0 Å². The lowest BCUT2D eigenvalue weighted by atomic mass is 10.1. The molecule has 7 heteroatoms. The Balaban J connectivity index is 1.64. The first-order valence-electron chi connectivity index (χ1n) is 8.13. The molecule has 132 valence electrons. The molecule has 2 aromatic carbocycles. The second-order valence-corrected chi connectivity index (χ2v) is 5.94. The number of rotatable bonds is 3. The summed E-state index contributed by atoms with van der Waals surface area (Å²) in [5.41, 5.74) is 9.12. The van der Waals surface area contributed by atoms with Crippen LogP contribution >= 0.6 is 0 Å². The highest BCUT2D eigenvalue weighted by molar-refractivity contribution is 6.03. The van der Waals surface area contributed by atoms with Gasteiger partial charge < -0.3 is 5.73 Å². The van der Waals surface area contributed by atoms with Gasteiger partial charge in [0.25, 0.3) is 5.91 Å². The van der Waals surface area contributed by atoms with E-state index in [1.807, 2.05) is 24.3 Å². The maximum atomic E-state index is 13.0. The number of amides is 1. The Labute approximate surface area is 153 Å². The fourth-order valence-corrected chi connectivity index (χ4v) is 2.65. The quantitative estimate of drug-likeness (QED) is 0.582. The molecule has 1 amide bonds. The number of nitrogen functional groups attached to an aromatic ring is 1. The van der Waals surface area contributed by atoms with Gasteiger partial charge in [-0.2, -0.15) is 0 Å². The summed E-state index contributed by atoms with van der Waals surface area (Å²) in [6.07, 6.45) is 4.93. The van der Waals surface area contributed by atoms with Crippen LogP contribution in [0.4, 0.5) is 16.0 Å². The van der Waals surface area contributed by atoms with Crippen LogP contribution < -0.4 is 11.1 Å². The Morgan fingerprint density at radius 3 is 2.56 bits per heavy atom. The minimum Gasteiger partial charge on any atom is -0.397 e. The van der Waals surface area contributed by atoms with Crippen LogP contribution in [-0.4, -0.2) is 20.9 Å². The average Bonchev–Trinajstić information content (AvgIpc) is 2.68. The molecule has 0 unspecified atom stereocenters. The van der Waals surface area contributed by atoms with Crippen LogP contribution in [0.2, 0.25) is 0 Å². The summed E-state index contributed by atoms with van der Waals surface area (Å²) in [6, 6.07) is 12.8. The molecule has 0 fully saturated rings. The Morgan fingerprint density at radius 1 is 0.963 bits per heavy atom. The SMILES string of the molecule is Nc1cncc(-c2ccc3cnc(NC(=O)c4ccc(F)cc4)nc3c2)c1. The summed E-state index contributed by atoms with van der Waals surface area (Å²) in [4.78, 5) is 24.9. The number of anilines is 2. The molecule has 0 radical (unpaired) electrons. The van der Waals surface area contributed by atoms with E-state index in [9.17, 15) is 9.18 Å². The largest absolute Gasteiger partial charge is 0.397 e. The van der Waals surface area contributed by atoms with E-state index in [-0.39, 0.29) is 5.95 Å². The molecule has 6 nitrogen and oxygen atoms in total. The van der Waals surface area contributed by atoms with Crippen LogP contribution in [0.25, 0.3) is 22.0 Å². The van der Waals surface area contributed by atoms with Gasteiger partial charge in [-0.05, 0) is 42.0 Å². The third kappa shape index (κ3) is 3.57. The average molecular weight is 359 g/mol. The molecule has 4 aromatic rings. The molecule has 27 heavy (non-hydrogen) atoms. The lowest BCUT2D eigenvalue weighted by Crippen LogP contribution is -2.14. The molecule has 0 saturated heterocycles. The van der Waals surface area contributed by atoms with Crippen molar-refractivity contribution in [2.24, 2.45) is 0 Å². The summed E-state index contributed by atoms with van der Waals surface area (Å²) in [5, 5.41) is 3.45. The molecule has 0 saturated carbocycles. The summed E-state index contributed by atoms with van der Waals surface area (Å²) >= 11 is 0. The molecule has 0 bridgehead atoms. The topological polar surface area (TPSA) is 93.8 Å². The molecule has 3 N–H and O–H groups in total. The highest BCUT2D eigenvalue weighted by atomic mass is 19.1. The van der Waals surface area contributed by atoms with Gasteiger partial charge in [0.1, 0.15) is 5.82 Å². The predicted molar refractivity (Wildman–Crippen MR) is 102 cm³/mol. The number of benzene rings is 2. The molecule has 0 aliphatic rings. The molecule has 2 heterocycles. The Hall–Kier alpha value is -3.87. The Morgan fingerprint density at radius 2 is 1.78 bits per heavy atom. The van der Waals surface area contributed by atoms with E-state index in [2.05, 4.69) is 20.3 Å². The van der Waals surface area contributed by atoms with Crippen molar-refractivity contribution in [3.63, 3.8) is 0 Å². The van der Waals surface area contributed by atoms with Crippen molar-refractivity contribution >= 4 is 28.4 Å². The Kier molecular flexibility index (Phi) is 4.18. The molecule has 0 atom stereocenters. The summed E-state index contributed by atoms with van der Waals surface area (Å²) in [7, 11) is 0. The molecular weight excluding hydrogens is 345 g/mol. The number of hydrogen-bond donors (Lipinski definition) is 2. The van der Waals surface area contributed by atoms with E-state index in [0.29, 0.717) is 16.8 Å². The van der Waals surface area contributed by atoms with Gasteiger partial charge in [0.05, 0.1) is 11.2 Å². The van der Waals surface area contributed by atoms with Gasteiger partial charge in [-0.3, -0.25) is 15.1 Å². The minimum absolute atomic E-state index is 0.166. The number of fused-ring (bicyclic) bond motifs is 1. The number of halogens is 1. The number of carbonyl (C=O) groups is 1. The van der Waals surface area contributed by atoms with Crippen LogP contribution in [0.1, 0.15) is 10.4 Å². The van der Waals surface area contributed by atoms with Crippen molar-refractivity contribution in [3.8, 4) is 11.1 Å². The fourth-order valence-electron chi connectivity index (χ4n) is 2.65. The van der Waals surface area contributed by atoms with Crippen molar-refractivity contribution in [2.45, 2.75) is 0 Å². The number of aromatic nitrogens is 3. The van der Waals surface area contributed by atoms with Crippen molar-refractivity contribution in [2.75, 3.05) is 11.1 Å². The zero-order valence-corrected chi connectivity index (χ0v) is 14.1. The number of nitrogens with one attached hydrogen (secondary N) is 1. The standard InChI is InChI=1S/C20H14FN5O/c21-16-5-3-12(4-6-16)19(27)26-20-24-10-14-2-1-13(8-18(14)25-20)15-7-17(22)11-23-9-15/h1-11H,22H2,(H,24,25,26,27). The molecule has 2 aromatic heterocycles. The number of hydrogen-bond acceptors (Lipinski definition) is 5. The lowest BCUT2D eigenvalue weighted by molar-refractivity contribution is 0.102. The monoisotopic (exact) mass is 359 g/mol. The molecule has 0 aliphatic heterocycles. The van der Waals surface area contributed by atoms with Gasteiger partial charge in [0.15, 0.2) is 0 Å². The van der Waals surface area contributed by atoms with Crippen LogP contribution in [0.5, 0.6) is 0 Å². The van der Waals surface area contributed by atoms with Crippen LogP contribution in [0.3, 0.4) is 0 Å². The molecule has 0 aliphatic carbocycles. The molecular formula is C20H14FN5O. The Bertz CT molecular complexity index is 1140. The van der Waals surface area contributed by atoms with Gasteiger partial charge in [0.2, 0.25) is 5.95 Å². The normalized spacial score (nSPS) is 10.7. The van der Waals surface area contributed by atoms with E-state index >= 15 is 0 Å². The highest BCUT2D eigenvalue weighted by Crippen LogP contribution is 2.24. The molecule has 0 spiro atoms. The van der Waals surface area contributed by atoms with Crippen molar-refractivity contribution < 1.29 is 9.18 Å². The van der Waals surface area contributed by atoms with Gasteiger partial charge >= 0.3 is 0 Å². The summed E-state index contributed by atoms with van der Waals surface area (Å²) in [6.45, 7) is 0. The predicted octanol–water partition coefficient (Wildman–Crippen LogP) is 3.67. The maximum absolute atomic E-state index is 13.0. The second kappa shape index (κ2) is 6.80. The van der Waals surface area contributed by atoms with Crippen LogP contribution in [0.15, 0.2) is 67.1 Å². The minimum atomic E-state index is -0.412. The van der Waals surface area contributed by atoms with E-state index in [0.717, 1.165) is 16.5 Å². The van der Waals surface area contributed by atoms with Gasteiger partial charge in [-0.15, -0.1) is 0 Å². The maximum Gasteiger partial charge on any atom is 0.258 e. The number of carbonyl (C=O) groups excluding carboxylic acids is 1. The van der Waals surface area contributed by atoms with Crippen molar-refractivity contribution in [3.05, 3.63) is 78.5 Å². The van der Waals surface area contributed by atoms with Gasteiger partial charge in [-0.1, -0.05) is 12.1 Å². The zero-order valence-electron chi connectivity index (χ0n) is 14.1. The highest BCUT2D eigenvalue weighted by Gasteiger charge is 2.09. The second-order valence-electron chi connectivity index (χ2n) is 5.94. The van der Waals surface area contributed by atoms with Crippen molar-refractivity contribution in [1.29, 1.82) is 0 Å². The first-order chi connectivity index (χ1) is 13.1. The summed E-state index contributed by atoms with van der Waals surface area (Å²) in [5.74, 6) is -0.651.